The number of nitrogens with zero attached hydrogens (tertiary/aromatic N) is 1. The van der Waals surface area contributed by atoms with Crippen molar-refractivity contribution in [2.45, 2.75) is 67.9 Å². The second kappa shape index (κ2) is 5.19. The Balaban J connectivity index is 5.29. The van der Waals surface area contributed by atoms with Crippen LogP contribution >= 0.6 is 0 Å². The quantitative estimate of drug-likeness (QED) is 0.760. The van der Waals surface area contributed by atoms with Crippen LogP contribution in [0.15, 0.2) is 0 Å². The largest absolute Gasteiger partial charge is 0.279 e. The first-order valence-electron chi connectivity index (χ1n) is 6.33. The van der Waals surface area contributed by atoms with Crippen molar-refractivity contribution in [3.8, 4) is 0 Å². The van der Waals surface area contributed by atoms with E-state index in [-0.39, 0.29) is 17.9 Å². The lowest BCUT2D eigenvalue weighted by Crippen LogP contribution is -2.51. The molecule has 0 aromatic rings. The first-order valence-corrected chi connectivity index (χ1v) is 6.33. The van der Waals surface area contributed by atoms with Gasteiger partial charge >= 0.3 is 0 Å². The zero-order valence-electron chi connectivity index (χ0n) is 12.5. The zero-order valence-corrected chi connectivity index (χ0v) is 12.5. The highest BCUT2D eigenvalue weighted by Gasteiger charge is 2.39. The maximum absolute atomic E-state index is 12.4. The highest BCUT2D eigenvalue weighted by Crippen LogP contribution is 2.28. The second-order valence-corrected chi connectivity index (χ2v) is 6.56. The Hall–Kier alpha value is -0.860. The van der Waals surface area contributed by atoms with Gasteiger partial charge in [-0.3, -0.25) is 14.5 Å². The molecule has 0 aromatic heterocycles. The van der Waals surface area contributed by atoms with Gasteiger partial charge in [-0.25, -0.2) is 0 Å². The summed E-state index contributed by atoms with van der Waals surface area (Å²) in [4.78, 5) is 26.2. The minimum Gasteiger partial charge on any atom is -0.279 e. The van der Waals surface area contributed by atoms with Gasteiger partial charge in [0.2, 0.25) is 11.8 Å². The van der Waals surface area contributed by atoms with Crippen LogP contribution < -0.4 is 0 Å². The normalized spacial score (nSPS) is 12.8. The molecule has 0 saturated carbocycles. The van der Waals surface area contributed by atoms with Gasteiger partial charge in [0.05, 0.1) is 0 Å². The molecule has 0 radical (unpaired) electrons. The first-order chi connectivity index (χ1) is 7.45. The lowest BCUT2D eigenvalue weighted by Gasteiger charge is -2.36. The number of carbonyl (C=O) groups excluding carboxylic acids is 2. The van der Waals surface area contributed by atoms with E-state index >= 15 is 0 Å². The Morgan fingerprint density at radius 3 is 1.65 bits per heavy atom. The van der Waals surface area contributed by atoms with E-state index in [0.717, 1.165) is 6.42 Å². The molecule has 0 rings (SSSR count). The van der Waals surface area contributed by atoms with Gasteiger partial charge in [0.15, 0.2) is 0 Å². The Bertz CT molecular complexity index is 298. The predicted molar refractivity (Wildman–Crippen MR) is 70.5 cm³/mol. The van der Waals surface area contributed by atoms with Gasteiger partial charge in [-0.2, -0.15) is 0 Å². The fourth-order valence-electron chi connectivity index (χ4n) is 1.40. The van der Waals surface area contributed by atoms with Crippen LogP contribution in [0.25, 0.3) is 0 Å². The van der Waals surface area contributed by atoms with Gasteiger partial charge in [-0.1, -0.05) is 41.5 Å². The zero-order chi connectivity index (χ0) is 14.0. The molecule has 0 atom stereocenters. The molecule has 0 aliphatic heterocycles. The summed E-state index contributed by atoms with van der Waals surface area (Å²) in [6.07, 6.45) is 0.729. The lowest BCUT2D eigenvalue weighted by molar-refractivity contribution is -0.157. The summed E-state index contributed by atoms with van der Waals surface area (Å²) >= 11 is 0. The third kappa shape index (κ3) is 3.83. The molecular weight excluding hydrogens is 214 g/mol. The van der Waals surface area contributed by atoms with E-state index in [4.69, 9.17) is 0 Å². The van der Waals surface area contributed by atoms with Crippen LogP contribution in [0.2, 0.25) is 0 Å². The Kier molecular flexibility index (Phi) is 4.93. The predicted octanol–water partition coefficient (Wildman–Crippen LogP) is 3.23. The van der Waals surface area contributed by atoms with Crippen LogP contribution in [0.4, 0.5) is 0 Å². The van der Waals surface area contributed by atoms with Crippen LogP contribution in [-0.2, 0) is 9.59 Å². The Morgan fingerprint density at radius 1 is 1.00 bits per heavy atom. The average Bonchev–Trinajstić information content (AvgIpc) is 2.15. The van der Waals surface area contributed by atoms with Gasteiger partial charge in [-0.05, 0) is 20.3 Å². The number of amides is 2. The molecule has 2 amide bonds. The highest BCUT2D eigenvalue weighted by atomic mass is 16.2. The van der Waals surface area contributed by atoms with Gasteiger partial charge in [-0.15, -0.1) is 0 Å². The van der Waals surface area contributed by atoms with Crippen LogP contribution in [0.1, 0.15) is 61.8 Å². The molecule has 0 aliphatic carbocycles. The number of carbonyl (C=O) groups is 2. The van der Waals surface area contributed by atoms with Crippen molar-refractivity contribution in [1.29, 1.82) is 0 Å². The van der Waals surface area contributed by atoms with E-state index in [2.05, 4.69) is 0 Å². The summed E-state index contributed by atoms with van der Waals surface area (Å²) < 4.78 is 0. The van der Waals surface area contributed by atoms with E-state index in [0.29, 0.717) is 0 Å². The molecule has 0 aromatic carbocycles. The molecule has 0 aliphatic rings. The fraction of sp³-hybridized carbons (Fsp3) is 0.857. The van der Waals surface area contributed by atoms with Crippen LogP contribution in [-0.4, -0.2) is 22.8 Å². The van der Waals surface area contributed by atoms with E-state index in [9.17, 15) is 9.59 Å². The number of hydrogen-bond donors (Lipinski definition) is 0. The molecule has 17 heavy (non-hydrogen) atoms. The molecule has 0 unspecified atom stereocenters. The summed E-state index contributed by atoms with van der Waals surface area (Å²) in [6, 6.07) is -0.0972. The third-order valence-corrected chi connectivity index (χ3v) is 3.06. The first kappa shape index (κ1) is 16.1. The Labute approximate surface area is 106 Å². The molecular formula is C14H27NO2. The number of imide groups is 1. The van der Waals surface area contributed by atoms with E-state index < -0.39 is 10.8 Å². The standard InChI is InChI=1S/C14H27NO2/c1-9-14(7,8)12(17)15(10(2)3)11(16)13(4,5)6/h10H,9H2,1-8H3. The summed E-state index contributed by atoms with van der Waals surface area (Å²) in [6.45, 7) is 15.0. The lowest BCUT2D eigenvalue weighted by atomic mass is 9.86. The maximum Gasteiger partial charge on any atom is 0.235 e. The number of rotatable bonds is 3. The smallest absolute Gasteiger partial charge is 0.235 e. The van der Waals surface area contributed by atoms with Crippen molar-refractivity contribution in [2.24, 2.45) is 10.8 Å². The second-order valence-electron chi connectivity index (χ2n) is 6.56. The van der Waals surface area contributed by atoms with Crippen molar-refractivity contribution >= 4 is 11.8 Å². The molecule has 0 N–H and O–H groups in total. The molecule has 100 valence electrons. The van der Waals surface area contributed by atoms with Crippen molar-refractivity contribution in [3.05, 3.63) is 0 Å². The van der Waals surface area contributed by atoms with Crippen LogP contribution in [0.5, 0.6) is 0 Å². The van der Waals surface area contributed by atoms with Crippen molar-refractivity contribution in [1.82, 2.24) is 4.90 Å². The fourth-order valence-corrected chi connectivity index (χ4v) is 1.40. The number of hydrogen-bond acceptors (Lipinski definition) is 2. The molecule has 0 fully saturated rings. The van der Waals surface area contributed by atoms with Crippen molar-refractivity contribution < 1.29 is 9.59 Å². The van der Waals surface area contributed by atoms with E-state index in [1.165, 1.54) is 4.90 Å². The van der Waals surface area contributed by atoms with Crippen LogP contribution in [0.3, 0.4) is 0 Å². The van der Waals surface area contributed by atoms with E-state index in [1.54, 1.807) is 0 Å². The topological polar surface area (TPSA) is 37.4 Å². The van der Waals surface area contributed by atoms with Gasteiger partial charge in [0, 0.05) is 16.9 Å². The minimum absolute atomic E-state index is 0.0741. The summed E-state index contributed by atoms with van der Waals surface area (Å²) in [7, 11) is 0. The van der Waals surface area contributed by atoms with Crippen LogP contribution in [0, 0.1) is 10.8 Å². The summed E-state index contributed by atoms with van der Waals surface area (Å²) in [5.74, 6) is -0.172. The molecule has 0 bridgehead atoms. The molecule has 3 heteroatoms. The minimum atomic E-state index is -0.524. The summed E-state index contributed by atoms with van der Waals surface area (Å²) in [5, 5.41) is 0. The molecule has 0 saturated heterocycles. The van der Waals surface area contributed by atoms with Crippen molar-refractivity contribution in [3.63, 3.8) is 0 Å². The monoisotopic (exact) mass is 241 g/mol. The SMILES string of the molecule is CCC(C)(C)C(=O)N(C(=O)C(C)(C)C)C(C)C. The maximum atomic E-state index is 12.4. The average molecular weight is 241 g/mol. The van der Waals surface area contributed by atoms with Gasteiger partial charge < -0.3 is 0 Å². The van der Waals surface area contributed by atoms with Gasteiger partial charge in [0.25, 0.3) is 0 Å². The molecule has 0 heterocycles. The Morgan fingerprint density at radius 2 is 1.41 bits per heavy atom. The highest BCUT2D eigenvalue weighted by molar-refractivity contribution is 6.00. The summed E-state index contributed by atoms with van der Waals surface area (Å²) in [5.41, 5.74) is -1.01. The third-order valence-electron chi connectivity index (χ3n) is 3.06. The molecule has 3 nitrogen and oxygen atoms in total. The van der Waals surface area contributed by atoms with Gasteiger partial charge in [0.1, 0.15) is 0 Å². The van der Waals surface area contributed by atoms with E-state index in [1.807, 2.05) is 55.4 Å². The molecule has 0 spiro atoms. The van der Waals surface area contributed by atoms with Crippen molar-refractivity contribution in [2.75, 3.05) is 0 Å².